The van der Waals surface area contributed by atoms with E-state index in [1.54, 1.807) is 7.11 Å². The van der Waals surface area contributed by atoms with Crippen molar-refractivity contribution in [2.24, 2.45) is 11.3 Å². The van der Waals surface area contributed by atoms with Crippen LogP contribution < -0.4 is 14.2 Å². The largest absolute Gasteiger partial charge is 0.493 e. The SMILES string of the molecule is CC=CC(C)(C)C[C@H]1C(C(=O)O)[C@@H](c2cc(OC)c3c(c2)OCO3)CN1CC(=O)N(CCCC)CCCC[N+](C)(C)C. The maximum Gasteiger partial charge on any atom is 0.308 e. The van der Waals surface area contributed by atoms with Crippen molar-refractivity contribution in [2.75, 3.05) is 67.8 Å². The van der Waals surface area contributed by atoms with Crippen molar-refractivity contribution < 1.29 is 33.4 Å². The first kappa shape index (κ1) is 33.7. The van der Waals surface area contributed by atoms with Gasteiger partial charge in [-0.05, 0) is 55.7 Å². The van der Waals surface area contributed by atoms with Gasteiger partial charge in [0.15, 0.2) is 11.5 Å². The van der Waals surface area contributed by atoms with E-state index in [1.165, 1.54) is 0 Å². The number of hydrogen-bond donors (Lipinski definition) is 1. The van der Waals surface area contributed by atoms with Crippen molar-refractivity contribution in [1.82, 2.24) is 9.80 Å². The van der Waals surface area contributed by atoms with Crippen LogP contribution in [0.25, 0.3) is 0 Å². The van der Waals surface area contributed by atoms with Crippen LogP contribution in [0.5, 0.6) is 17.2 Å². The highest BCUT2D eigenvalue weighted by atomic mass is 16.7. The zero-order valence-electron chi connectivity index (χ0n) is 27.1. The highest BCUT2D eigenvalue weighted by Crippen LogP contribution is 2.48. The minimum absolute atomic E-state index is 0.0793. The van der Waals surface area contributed by atoms with Gasteiger partial charge in [0.05, 0.1) is 47.3 Å². The molecule has 1 N–H and O–H groups in total. The lowest BCUT2D eigenvalue weighted by Gasteiger charge is -2.34. The number of quaternary nitrogens is 1. The number of carbonyl (C=O) groups excluding carboxylic acids is 1. The van der Waals surface area contributed by atoms with Gasteiger partial charge in [-0.15, -0.1) is 0 Å². The molecule has 0 bridgehead atoms. The second kappa shape index (κ2) is 14.6. The molecule has 1 aromatic rings. The number of ether oxygens (including phenoxy) is 3. The lowest BCUT2D eigenvalue weighted by Crippen LogP contribution is -2.46. The van der Waals surface area contributed by atoms with E-state index >= 15 is 0 Å². The van der Waals surface area contributed by atoms with Crippen molar-refractivity contribution in [2.45, 2.75) is 71.8 Å². The number of hydrogen-bond acceptors (Lipinski definition) is 6. The Bertz CT molecular complexity index is 1100. The van der Waals surface area contributed by atoms with Gasteiger partial charge >= 0.3 is 5.97 Å². The summed E-state index contributed by atoms with van der Waals surface area (Å²) in [5.74, 6) is -0.162. The van der Waals surface area contributed by atoms with E-state index < -0.39 is 11.9 Å². The Labute approximate surface area is 253 Å². The van der Waals surface area contributed by atoms with Crippen LogP contribution in [0.3, 0.4) is 0 Å². The van der Waals surface area contributed by atoms with Crippen LogP contribution in [0.15, 0.2) is 24.3 Å². The van der Waals surface area contributed by atoms with Gasteiger partial charge in [0, 0.05) is 31.6 Å². The van der Waals surface area contributed by atoms with Gasteiger partial charge in [0.1, 0.15) is 0 Å². The Balaban J connectivity index is 1.91. The Morgan fingerprint density at radius 1 is 1.17 bits per heavy atom. The molecule has 236 valence electrons. The van der Waals surface area contributed by atoms with Gasteiger partial charge in [0.25, 0.3) is 0 Å². The molecule has 2 aliphatic heterocycles. The van der Waals surface area contributed by atoms with Crippen LogP contribution in [0, 0.1) is 11.3 Å². The predicted octanol–water partition coefficient (Wildman–Crippen LogP) is 5.00. The molecule has 2 heterocycles. The molecule has 9 nitrogen and oxygen atoms in total. The molecule has 0 spiro atoms. The maximum atomic E-state index is 13.9. The number of amides is 1. The third kappa shape index (κ3) is 8.86. The van der Waals surface area contributed by atoms with E-state index in [1.807, 2.05) is 30.0 Å². The molecule has 1 saturated heterocycles. The molecular weight excluding hydrogens is 534 g/mol. The number of carbonyl (C=O) groups is 2. The molecular formula is C33H54N3O6+. The molecule has 1 amide bonds. The van der Waals surface area contributed by atoms with Crippen LogP contribution in [0.1, 0.15) is 71.3 Å². The van der Waals surface area contributed by atoms with E-state index in [0.717, 1.165) is 55.4 Å². The number of benzene rings is 1. The Kier molecular flexibility index (Phi) is 11.7. The number of carboxylic acids is 1. The van der Waals surface area contributed by atoms with Crippen LogP contribution in [-0.4, -0.2) is 105 Å². The van der Waals surface area contributed by atoms with Gasteiger partial charge in [-0.3, -0.25) is 14.5 Å². The van der Waals surface area contributed by atoms with Gasteiger partial charge < -0.3 is 28.7 Å². The zero-order valence-corrected chi connectivity index (χ0v) is 27.1. The summed E-state index contributed by atoms with van der Waals surface area (Å²) in [5.41, 5.74) is 0.596. The summed E-state index contributed by atoms with van der Waals surface area (Å²) in [6.45, 7) is 11.7. The number of nitrogens with zero attached hydrogens (tertiary/aromatic N) is 3. The van der Waals surface area contributed by atoms with Gasteiger partial charge in [-0.1, -0.05) is 39.3 Å². The fourth-order valence-corrected chi connectivity index (χ4v) is 6.38. The summed E-state index contributed by atoms with van der Waals surface area (Å²) in [4.78, 5) is 31.0. The average molecular weight is 589 g/mol. The Hall–Kier alpha value is -2.78. The number of likely N-dealkylation sites (tertiary alicyclic amines) is 1. The van der Waals surface area contributed by atoms with Crippen LogP contribution >= 0.6 is 0 Å². The normalized spacial score (nSPS) is 20.8. The average Bonchev–Trinajstić information content (AvgIpc) is 3.51. The molecule has 1 unspecified atom stereocenters. The number of methoxy groups -OCH3 is 1. The van der Waals surface area contributed by atoms with Crippen molar-refractivity contribution in [3.8, 4) is 17.2 Å². The van der Waals surface area contributed by atoms with Crippen LogP contribution in [0.4, 0.5) is 0 Å². The van der Waals surface area contributed by atoms with Crippen molar-refractivity contribution >= 4 is 11.9 Å². The third-order valence-electron chi connectivity index (χ3n) is 8.47. The van der Waals surface area contributed by atoms with Crippen LogP contribution in [0.2, 0.25) is 0 Å². The number of aliphatic carboxylic acids is 1. The molecule has 3 rings (SSSR count). The molecule has 0 saturated carbocycles. The van der Waals surface area contributed by atoms with E-state index in [-0.39, 0.29) is 36.6 Å². The van der Waals surface area contributed by atoms with Gasteiger partial charge in [-0.2, -0.15) is 0 Å². The van der Waals surface area contributed by atoms with Crippen LogP contribution in [-0.2, 0) is 9.59 Å². The first-order valence-corrected chi connectivity index (χ1v) is 15.5. The number of unbranched alkanes of at least 4 members (excludes halogenated alkanes) is 2. The standard InChI is InChI=1S/C33H53N3O6/c1-9-11-15-34(16-12-13-17-36(5,6)7)29(37)22-35-21-25(24-18-27(40-8)31-28(19-24)41-23-42-31)30(32(38)39)26(35)20-33(3,4)14-10-2/h10,14,18-19,25-26,30H,9,11-13,15-17,20-23H2,1-8H3/p+1/t25-,26+,30?/m1/s1. The highest BCUT2D eigenvalue weighted by Gasteiger charge is 2.49. The molecule has 9 heteroatoms. The molecule has 1 aromatic carbocycles. The maximum absolute atomic E-state index is 13.9. The lowest BCUT2D eigenvalue weighted by molar-refractivity contribution is -0.870. The Morgan fingerprint density at radius 3 is 2.50 bits per heavy atom. The number of carboxylic acid groups (broad SMARTS) is 1. The van der Waals surface area contributed by atoms with Gasteiger partial charge in [-0.25, -0.2) is 0 Å². The fraction of sp³-hybridized carbons (Fsp3) is 0.697. The second-order valence-corrected chi connectivity index (χ2v) is 13.6. The number of rotatable bonds is 16. The molecule has 3 atom stereocenters. The third-order valence-corrected chi connectivity index (χ3v) is 8.47. The predicted molar refractivity (Wildman–Crippen MR) is 165 cm³/mol. The molecule has 0 aromatic heterocycles. The van der Waals surface area contributed by atoms with E-state index in [2.05, 4.69) is 52.9 Å². The van der Waals surface area contributed by atoms with Crippen molar-refractivity contribution in [1.29, 1.82) is 0 Å². The summed E-state index contributed by atoms with van der Waals surface area (Å²) in [6.07, 6.45) is 8.75. The quantitative estimate of drug-likeness (QED) is 0.165. The monoisotopic (exact) mass is 588 g/mol. The van der Waals surface area contributed by atoms with Gasteiger partial charge in [0.2, 0.25) is 18.4 Å². The van der Waals surface area contributed by atoms with Crippen molar-refractivity contribution in [3.63, 3.8) is 0 Å². The molecule has 1 fully saturated rings. The first-order chi connectivity index (χ1) is 19.8. The molecule has 2 aliphatic rings. The lowest BCUT2D eigenvalue weighted by atomic mass is 9.77. The number of allylic oxidation sites excluding steroid dienone is 2. The van der Waals surface area contributed by atoms with E-state index in [9.17, 15) is 14.7 Å². The molecule has 0 radical (unpaired) electrons. The second-order valence-electron chi connectivity index (χ2n) is 13.6. The highest BCUT2D eigenvalue weighted by molar-refractivity contribution is 5.79. The van der Waals surface area contributed by atoms with E-state index in [4.69, 9.17) is 14.2 Å². The summed E-state index contributed by atoms with van der Waals surface area (Å²) in [7, 11) is 8.14. The molecule has 42 heavy (non-hydrogen) atoms. The summed E-state index contributed by atoms with van der Waals surface area (Å²) in [5, 5.41) is 10.6. The minimum Gasteiger partial charge on any atom is -0.493 e. The van der Waals surface area contributed by atoms with E-state index in [0.29, 0.717) is 30.2 Å². The van der Waals surface area contributed by atoms with Crippen molar-refractivity contribution in [3.05, 3.63) is 29.8 Å². The first-order valence-electron chi connectivity index (χ1n) is 15.5. The summed E-state index contributed by atoms with van der Waals surface area (Å²) in [6, 6.07) is 3.44. The smallest absolute Gasteiger partial charge is 0.308 e. The zero-order chi connectivity index (χ0) is 31.1. The Morgan fingerprint density at radius 2 is 1.88 bits per heavy atom. The minimum atomic E-state index is -0.851. The summed E-state index contributed by atoms with van der Waals surface area (Å²) >= 11 is 0. The molecule has 0 aliphatic carbocycles. The number of fused-ring (bicyclic) bond motifs is 1. The topological polar surface area (TPSA) is 88.5 Å². The fourth-order valence-electron chi connectivity index (χ4n) is 6.38. The summed E-state index contributed by atoms with van der Waals surface area (Å²) < 4.78 is 17.7.